The normalized spacial score (nSPS) is 12.8. The number of nitro groups is 1. The molecule has 2 aromatic carbocycles. The van der Waals surface area contributed by atoms with Gasteiger partial charge in [0.05, 0.1) is 34.0 Å². The van der Waals surface area contributed by atoms with Crippen LogP contribution in [0, 0.1) is 10.1 Å². The van der Waals surface area contributed by atoms with Gasteiger partial charge < -0.3 is 14.8 Å². The molecule has 3 rings (SSSR count). The van der Waals surface area contributed by atoms with Crippen LogP contribution < -0.4 is 20.2 Å². The molecule has 0 aliphatic carbocycles. The lowest BCUT2D eigenvalue weighted by atomic mass is 10.1. The second-order valence-corrected chi connectivity index (χ2v) is 5.80. The van der Waals surface area contributed by atoms with Crippen molar-refractivity contribution in [2.75, 3.05) is 12.1 Å². The number of para-hydroxylation sites is 1. The van der Waals surface area contributed by atoms with E-state index in [0.717, 1.165) is 12.3 Å². The first-order valence-electron chi connectivity index (χ1n) is 7.60. The summed E-state index contributed by atoms with van der Waals surface area (Å²) in [4.78, 5) is 10.5. The fourth-order valence-electron chi connectivity index (χ4n) is 2.36. The minimum atomic E-state index is -4.56. The molecule has 0 aromatic heterocycles. The number of rotatable bonds is 4. The number of nitrogens with one attached hydrogen (secondary N) is 2. The fourth-order valence-corrected chi connectivity index (χ4v) is 2.52. The molecule has 0 saturated carbocycles. The molecule has 8 nitrogen and oxygen atoms in total. The molecule has 1 aliphatic rings. The van der Waals surface area contributed by atoms with E-state index in [-0.39, 0.29) is 34.6 Å². The maximum absolute atomic E-state index is 13.0. The number of hydrazone groups is 1. The van der Waals surface area contributed by atoms with E-state index in [4.69, 9.17) is 21.7 Å². The van der Waals surface area contributed by atoms with E-state index in [9.17, 15) is 23.3 Å². The van der Waals surface area contributed by atoms with Crippen molar-refractivity contribution < 1.29 is 27.6 Å². The minimum Gasteiger partial charge on any atom is -0.454 e. The van der Waals surface area contributed by atoms with Crippen molar-refractivity contribution in [3.8, 4) is 11.5 Å². The maximum Gasteiger partial charge on any atom is 0.418 e. The van der Waals surface area contributed by atoms with Gasteiger partial charge in [0.25, 0.3) is 5.69 Å². The predicted molar refractivity (Wildman–Crippen MR) is 97.6 cm³/mol. The molecule has 0 spiro atoms. The van der Waals surface area contributed by atoms with Crippen molar-refractivity contribution >= 4 is 34.9 Å². The average Bonchev–Trinajstić information content (AvgIpc) is 3.08. The molecule has 12 heteroatoms. The molecule has 0 amide bonds. The number of benzene rings is 2. The molecule has 0 radical (unpaired) electrons. The number of halogens is 3. The molecule has 0 fully saturated rings. The standard InChI is InChI=1S/C16H11F3N4O4S/c17-16(18,19)10-3-1-2-4-11(10)21-15(28)22-20-7-9-5-13-14(27-8-26-13)6-12(9)23(24)25/h1-7H,8H2,(H2,21,22,28)/b20-7+. The topological polar surface area (TPSA) is 98.0 Å². The van der Waals surface area contributed by atoms with Gasteiger partial charge >= 0.3 is 6.18 Å². The number of fused-ring (bicyclic) bond motifs is 1. The molecular formula is C16H11F3N4O4S. The van der Waals surface area contributed by atoms with Gasteiger partial charge in [0.15, 0.2) is 16.6 Å². The number of anilines is 1. The van der Waals surface area contributed by atoms with Crippen molar-refractivity contribution in [2.24, 2.45) is 5.10 Å². The Morgan fingerprint density at radius 1 is 1.25 bits per heavy atom. The van der Waals surface area contributed by atoms with Crippen LogP contribution in [0.1, 0.15) is 11.1 Å². The summed E-state index contributed by atoms with van der Waals surface area (Å²) in [6, 6.07) is 7.34. The summed E-state index contributed by atoms with van der Waals surface area (Å²) in [5.74, 6) is 0.546. The lowest BCUT2D eigenvalue weighted by Crippen LogP contribution is -2.25. The number of ether oxygens (including phenoxy) is 2. The second kappa shape index (κ2) is 7.68. The highest BCUT2D eigenvalue weighted by atomic mass is 32.1. The average molecular weight is 412 g/mol. The molecule has 2 N–H and O–H groups in total. The molecule has 146 valence electrons. The first-order chi connectivity index (χ1) is 13.3. The van der Waals surface area contributed by atoms with Crippen LogP contribution in [0.25, 0.3) is 0 Å². The van der Waals surface area contributed by atoms with E-state index in [1.807, 2.05) is 0 Å². The maximum atomic E-state index is 13.0. The van der Waals surface area contributed by atoms with Gasteiger partial charge in [-0.25, -0.2) is 0 Å². The van der Waals surface area contributed by atoms with Gasteiger partial charge in [-0.05, 0) is 30.4 Å². The number of nitro benzene ring substituents is 1. The highest BCUT2D eigenvalue weighted by Crippen LogP contribution is 2.37. The van der Waals surface area contributed by atoms with Crippen LogP contribution >= 0.6 is 12.2 Å². The quantitative estimate of drug-likeness (QED) is 0.342. The Labute approximate surface area is 161 Å². The molecule has 28 heavy (non-hydrogen) atoms. The number of alkyl halides is 3. The predicted octanol–water partition coefficient (Wildman–Crippen LogP) is 3.66. The third kappa shape index (κ3) is 4.28. The molecule has 0 unspecified atom stereocenters. The minimum absolute atomic E-state index is 0.0576. The zero-order chi connectivity index (χ0) is 20.3. The zero-order valence-corrected chi connectivity index (χ0v) is 14.6. The second-order valence-electron chi connectivity index (χ2n) is 5.39. The van der Waals surface area contributed by atoms with Gasteiger partial charge in [-0.15, -0.1) is 0 Å². The Hall–Kier alpha value is -3.41. The van der Waals surface area contributed by atoms with Gasteiger partial charge in [0, 0.05) is 0 Å². The van der Waals surface area contributed by atoms with Crippen LogP contribution in [-0.2, 0) is 6.18 Å². The van der Waals surface area contributed by atoms with Crippen molar-refractivity contribution in [3.63, 3.8) is 0 Å². The van der Waals surface area contributed by atoms with E-state index >= 15 is 0 Å². The molecular weight excluding hydrogens is 401 g/mol. The number of hydrogen-bond donors (Lipinski definition) is 2. The molecule has 2 aromatic rings. The summed E-state index contributed by atoms with van der Waals surface area (Å²) in [5.41, 5.74) is 0.989. The number of hydrogen-bond acceptors (Lipinski definition) is 6. The van der Waals surface area contributed by atoms with E-state index in [0.29, 0.717) is 5.75 Å². The van der Waals surface area contributed by atoms with Crippen LogP contribution in [0.2, 0.25) is 0 Å². The fraction of sp³-hybridized carbons (Fsp3) is 0.125. The third-order valence-electron chi connectivity index (χ3n) is 3.57. The number of thiocarbonyl (C=S) groups is 1. The monoisotopic (exact) mass is 412 g/mol. The van der Waals surface area contributed by atoms with Crippen molar-refractivity contribution in [1.29, 1.82) is 0 Å². The van der Waals surface area contributed by atoms with Crippen LogP contribution in [0.3, 0.4) is 0 Å². The Morgan fingerprint density at radius 2 is 1.93 bits per heavy atom. The van der Waals surface area contributed by atoms with Gasteiger partial charge in [-0.3, -0.25) is 15.5 Å². The Kier molecular flexibility index (Phi) is 5.31. The van der Waals surface area contributed by atoms with Crippen LogP contribution in [0.15, 0.2) is 41.5 Å². The smallest absolute Gasteiger partial charge is 0.418 e. The van der Waals surface area contributed by atoms with E-state index in [1.54, 1.807) is 0 Å². The van der Waals surface area contributed by atoms with E-state index < -0.39 is 16.7 Å². The molecule has 1 heterocycles. The highest BCUT2D eigenvalue weighted by Gasteiger charge is 2.33. The largest absolute Gasteiger partial charge is 0.454 e. The summed E-state index contributed by atoms with van der Waals surface area (Å²) < 4.78 is 49.2. The van der Waals surface area contributed by atoms with Gasteiger partial charge in [-0.2, -0.15) is 18.3 Å². The van der Waals surface area contributed by atoms with E-state index in [2.05, 4.69) is 15.8 Å². The van der Waals surface area contributed by atoms with Gasteiger partial charge in [0.1, 0.15) is 0 Å². The third-order valence-corrected chi connectivity index (χ3v) is 3.76. The summed E-state index contributed by atoms with van der Waals surface area (Å²) in [5, 5.41) is 17.1. The van der Waals surface area contributed by atoms with Crippen molar-refractivity contribution in [1.82, 2.24) is 5.43 Å². The molecule has 0 saturated heterocycles. The Balaban J connectivity index is 1.72. The Bertz CT molecular complexity index is 965. The molecule has 1 aliphatic heterocycles. The Morgan fingerprint density at radius 3 is 2.61 bits per heavy atom. The number of nitrogens with zero attached hydrogens (tertiary/aromatic N) is 2. The summed E-state index contributed by atoms with van der Waals surface area (Å²) in [6.45, 7) is -0.0576. The van der Waals surface area contributed by atoms with Crippen LogP contribution in [-0.4, -0.2) is 23.0 Å². The first-order valence-corrected chi connectivity index (χ1v) is 8.01. The SMILES string of the molecule is O=[N+]([O-])c1cc2c(cc1/C=N/NC(=S)Nc1ccccc1C(F)(F)F)OCO2. The van der Waals surface area contributed by atoms with Crippen LogP contribution in [0.5, 0.6) is 11.5 Å². The highest BCUT2D eigenvalue weighted by molar-refractivity contribution is 7.80. The van der Waals surface area contributed by atoms with Crippen molar-refractivity contribution in [2.45, 2.75) is 6.18 Å². The van der Waals surface area contributed by atoms with Gasteiger partial charge in [0.2, 0.25) is 6.79 Å². The van der Waals surface area contributed by atoms with Gasteiger partial charge in [-0.1, -0.05) is 12.1 Å². The summed E-state index contributed by atoms with van der Waals surface area (Å²) in [6.07, 6.45) is -3.46. The molecule has 0 atom stereocenters. The summed E-state index contributed by atoms with van der Waals surface area (Å²) >= 11 is 4.92. The van der Waals surface area contributed by atoms with Crippen LogP contribution in [0.4, 0.5) is 24.5 Å². The molecule has 0 bridgehead atoms. The van der Waals surface area contributed by atoms with E-state index in [1.165, 1.54) is 30.3 Å². The van der Waals surface area contributed by atoms with Crippen molar-refractivity contribution in [3.05, 3.63) is 57.6 Å². The lowest BCUT2D eigenvalue weighted by Gasteiger charge is -2.14. The lowest BCUT2D eigenvalue weighted by molar-refractivity contribution is -0.385. The zero-order valence-electron chi connectivity index (χ0n) is 13.8. The summed E-state index contributed by atoms with van der Waals surface area (Å²) in [7, 11) is 0. The first kappa shape index (κ1) is 19.4.